The molecule has 27 heavy (non-hydrogen) atoms. The highest BCUT2D eigenvalue weighted by Gasteiger charge is 2.43. The van der Waals surface area contributed by atoms with Crippen molar-refractivity contribution in [2.24, 2.45) is 0 Å². The Labute approximate surface area is 156 Å². The van der Waals surface area contributed by atoms with Crippen molar-refractivity contribution in [1.29, 1.82) is 0 Å². The molecule has 0 saturated carbocycles. The fourth-order valence-corrected chi connectivity index (χ4v) is 2.36. The molecule has 0 aromatic heterocycles. The molecule has 1 heterocycles. The molecule has 146 valence electrons. The van der Waals surface area contributed by atoms with Crippen LogP contribution in [0.25, 0.3) is 0 Å². The van der Waals surface area contributed by atoms with Crippen molar-refractivity contribution in [1.82, 2.24) is 0 Å². The molecule has 10 heteroatoms. The summed E-state index contributed by atoms with van der Waals surface area (Å²) in [7, 11) is -0.403. The molecule has 0 aliphatic carbocycles. The van der Waals surface area contributed by atoms with Crippen LogP contribution in [-0.4, -0.2) is 55.1 Å². The van der Waals surface area contributed by atoms with Gasteiger partial charge in [0, 0.05) is 0 Å². The van der Waals surface area contributed by atoms with Crippen LogP contribution in [0.15, 0.2) is 18.2 Å². The third-order valence-electron chi connectivity index (χ3n) is 3.35. The zero-order valence-corrected chi connectivity index (χ0v) is 15.5. The Morgan fingerprint density at radius 2 is 1.67 bits per heavy atom. The monoisotopic (exact) mass is 380 g/mol. The number of hydrogen-bond acceptors (Lipinski definition) is 8. The molecule has 1 N–H and O–H groups in total. The van der Waals surface area contributed by atoms with E-state index in [1.807, 2.05) is 0 Å². The first-order valence-corrected chi connectivity index (χ1v) is 8.39. The largest absolute Gasteiger partial charge is 0.510 e. The minimum absolute atomic E-state index is 0.0717. The molecule has 1 fully saturated rings. The van der Waals surface area contributed by atoms with Crippen LogP contribution in [0, 0.1) is 0 Å². The SMILES string of the molecule is CC(C)Oc1cccc(OC(C)C)c1C(=O)OC(C(=O)O)C1OBOC1=O. The van der Waals surface area contributed by atoms with Crippen molar-refractivity contribution in [3.8, 4) is 11.5 Å². The number of rotatable bonds is 8. The van der Waals surface area contributed by atoms with Crippen LogP contribution in [0.1, 0.15) is 38.1 Å². The number of hydrogen-bond donors (Lipinski definition) is 1. The van der Waals surface area contributed by atoms with E-state index in [9.17, 15) is 19.5 Å². The molecule has 1 aliphatic rings. The van der Waals surface area contributed by atoms with Gasteiger partial charge >= 0.3 is 25.6 Å². The van der Waals surface area contributed by atoms with Gasteiger partial charge in [-0.15, -0.1) is 0 Å². The highest BCUT2D eigenvalue weighted by atomic mass is 16.7. The molecule has 2 rings (SSSR count). The van der Waals surface area contributed by atoms with E-state index in [2.05, 4.69) is 4.65 Å². The molecule has 0 radical (unpaired) electrons. The first-order chi connectivity index (χ1) is 12.7. The minimum atomic E-state index is -1.87. The van der Waals surface area contributed by atoms with E-state index in [-0.39, 0.29) is 29.3 Å². The molecule has 0 bridgehead atoms. The van der Waals surface area contributed by atoms with Gasteiger partial charge in [0.25, 0.3) is 0 Å². The molecule has 1 aromatic carbocycles. The minimum Gasteiger partial charge on any atom is -0.510 e. The van der Waals surface area contributed by atoms with Crippen LogP contribution in [0.2, 0.25) is 0 Å². The van der Waals surface area contributed by atoms with Gasteiger partial charge in [0.2, 0.25) is 6.10 Å². The van der Waals surface area contributed by atoms with Crippen LogP contribution in [-0.2, 0) is 23.6 Å². The van der Waals surface area contributed by atoms with E-state index in [1.54, 1.807) is 45.9 Å². The van der Waals surface area contributed by atoms with E-state index in [1.165, 1.54) is 0 Å². The Morgan fingerprint density at radius 3 is 2.07 bits per heavy atom. The predicted octanol–water partition coefficient (Wildman–Crippen LogP) is 1.08. The normalized spacial score (nSPS) is 17.3. The number of carboxylic acid groups (broad SMARTS) is 1. The Hall–Kier alpha value is -2.75. The van der Waals surface area contributed by atoms with Crippen molar-refractivity contribution < 1.29 is 43.0 Å². The number of carboxylic acids is 1. The van der Waals surface area contributed by atoms with Crippen molar-refractivity contribution in [2.75, 3.05) is 0 Å². The fourth-order valence-electron chi connectivity index (χ4n) is 2.36. The van der Waals surface area contributed by atoms with Crippen molar-refractivity contribution in [3.05, 3.63) is 23.8 Å². The lowest BCUT2D eigenvalue weighted by Crippen LogP contribution is -2.42. The first kappa shape index (κ1) is 20.6. The number of aliphatic carboxylic acids is 1. The average Bonchev–Trinajstić information content (AvgIpc) is 2.97. The van der Waals surface area contributed by atoms with E-state index in [0.29, 0.717) is 0 Å². The van der Waals surface area contributed by atoms with Crippen molar-refractivity contribution in [2.45, 2.75) is 52.1 Å². The molecule has 2 unspecified atom stereocenters. The van der Waals surface area contributed by atoms with Gasteiger partial charge in [0.1, 0.15) is 17.1 Å². The number of esters is 1. The molecule has 0 spiro atoms. The Kier molecular flexibility index (Phi) is 6.67. The number of carbonyl (C=O) groups is 3. The average molecular weight is 380 g/mol. The van der Waals surface area contributed by atoms with E-state index in [0.717, 1.165) is 0 Å². The Balaban J connectivity index is 2.36. The highest BCUT2D eigenvalue weighted by Crippen LogP contribution is 2.31. The summed E-state index contributed by atoms with van der Waals surface area (Å²) >= 11 is 0. The summed E-state index contributed by atoms with van der Waals surface area (Å²) in [6.45, 7) is 7.09. The summed E-state index contributed by atoms with van der Waals surface area (Å²) in [5.74, 6) is -3.13. The molecule has 2 atom stereocenters. The van der Waals surface area contributed by atoms with Crippen LogP contribution < -0.4 is 9.47 Å². The fraction of sp³-hybridized carbons (Fsp3) is 0.471. The maximum absolute atomic E-state index is 12.8. The smallest absolute Gasteiger partial charge is 0.509 e. The quantitative estimate of drug-likeness (QED) is 0.522. The van der Waals surface area contributed by atoms with Crippen LogP contribution in [0.4, 0.5) is 0 Å². The van der Waals surface area contributed by atoms with Crippen LogP contribution in [0.5, 0.6) is 11.5 Å². The maximum atomic E-state index is 12.8. The number of benzene rings is 1. The first-order valence-electron chi connectivity index (χ1n) is 8.39. The summed E-state index contributed by atoms with van der Waals surface area (Å²) in [5, 5.41) is 9.35. The van der Waals surface area contributed by atoms with Gasteiger partial charge in [-0.1, -0.05) is 6.07 Å². The molecular weight excluding hydrogens is 359 g/mol. The van der Waals surface area contributed by atoms with E-state index >= 15 is 0 Å². The molecule has 1 aliphatic heterocycles. The molecule has 0 amide bonds. The lowest BCUT2D eigenvalue weighted by molar-refractivity contribution is -0.158. The van der Waals surface area contributed by atoms with Crippen LogP contribution in [0.3, 0.4) is 0 Å². The molecule has 1 saturated heterocycles. The highest BCUT2D eigenvalue weighted by molar-refractivity contribution is 6.26. The predicted molar refractivity (Wildman–Crippen MR) is 92.9 cm³/mol. The summed E-state index contributed by atoms with van der Waals surface area (Å²) in [6.07, 6.45) is -3.92. The van der Waals surface area contributed by atoms with Crippen molar-refractivity contribution >= 4 is 25.6 Å². The van der Waals surface area contributed by atoms with Crippen LogP contribution >= 0.6 is 0 Å². The zero-order valence-electron chi connectivity index (χ0n) is 15.5. The summed E-state index contributed by atoms with van der Waals surface area (Å²) in [6, 6.07) is 4.72. The lowest BCUT2D eigenvalue weighted by atomic mass is 10.1. The van der Waals surface area contributed by atoms with Gasteiger partial charge in [-0.25, -0.2) is 9.59 Å². The molecule has 9 nitrogen and oxygen atoms in total. The zero-order chi connectivity index (χ0) is 20.1. The standard InChI is InChI=1S/C17H21BO9/c1-8(2)23-10-6-5-7-11(24-9(3)4)12(10)16(21)25-13(15(19)20)14-17(22)27-18-26-14/h5-9,13-14,18H,1-4H3,(H,19,20). The second kappa shape index (κ2) is 8.76. The third kappa shape index (κ3) is 5.13. The van der Waals surface area contributed by atoms with Gasteiger partial charge in [-0.05, 0) is 39.8 Å². The van der Waals surface area contributed by atoms with Gasteiger partial charge in [0.15, 0.2) is 6.10 Å². The molecule has 1 aromatic rings. The van der Waals surface area contributed by atoms with Gasteiger partial charge < -0.3 is 28.6 Å². The van der Waals surface area contributed by atoms with Gasteiger partial charge in [-0.2, -0.15) is 0 Å². The Morgan fingerprint density at radius 1 is 1.11 bits per heavy atom. The van der Waals surface area contributed by atoms with Gasteiger partial charge in [0.05, 0.1) is 12.2 Å². The number of carbonyl (C=O) groups excluding carboxylic acids is 2. The van der Waals surface area contributed by atoms with E-state index < -0.39 is 37.8 Å². The summed E-state index contributed by atoms with van der Waals surface area (Å²) in [4.78, 5) is 35.9. The maximum Gasteiger partial charge on any atom is 0.509 e. The second-order valence-electron chi connectivity index (χ2n) is 6.30. The van der Waals surface area contributed by atoms with E-state index in [4.69, 9.17) is 18.9 Å². The summed E-state index contributed by atoms with van der Waals surface area (Å²) < 4.78 is 25.8. The van der Waals surface area contributed by atoms with Crippen molar-refractivity contribution in [3.63, 3.8) is 0 Å². The molecular formula is C17H21BO9. The lowest BCUT2D eigenvalue weighted by Gasteiger charge is -2.21. The summed E-state index contributed by atoms with van der Waals surface area (Å²) in [5.41, 5.74) is -0.0717. The number of ether oxygens (including phenoxy) is 3. The van der Waals surface area contributed by atoms with Gasteiger partial charge in [-0.3, -0.25) is 4.79 Å². The Bertz CT molecular complexity index is 688. The topological polar surface area (TPSA) is 118 Å². The third-order valence-corrected chi connectivity index (χ3v) is 3.35. The second-order valence-corrected chi connectivity index (χ2v) is 6.30.